The summed E-state index contributed by atoms with van der Waals surface area (Å²) < 4.78 is 5.03. The normalized spacial score (nSPS) is 25.1. The Morgan fingerprint density at radius 3 is 2.50 bits per heavy atom. The molecule has 2 atom stereocenters. The number of anilines is 1. The molecule has 0 spiro atoms. The molecule has 3 rings (SSSR count). The van der Waals surface area contributed by atoms with Crippen LogP contribution in [0.1, 0.15) is 24.8 Å². The van der Waals surface area contributed by atoms with Crippen molar-refractivity contribution in [1.82, 2.24) is 5.32 Å². The Morgan fingerprint density at radius 1 is 1.15 bits per heavy atom. The predicted molar refractivity (Wildman–Crippen MR) is 83.1 cm³/mol. The first-order valence-corrected chi connectivity index (χ1v) is 7.90. The third-order valence-electron chi connectivity index (χ3n) is 4.84. The third-order valence-corrected chi connectivity index (χ3v) is 4.84. The molecule has 0 bridgehead atoms. The number of methoxy groups -OCH3 is 1. The summed E-state index contributed by atoms with van der Waals surface area (Å²) in [7, 11) is 1.74. The number of rotatable bonds is 6. The van der Waals surface area contributed by atoms with Crippen molar-refractivity contribution in [1.29, 1.82) is 0 Å². The van der Waals surface area contributed by atoms with Crippen molar-refractivity contribution in [2.45, 2.75) is 25.8 Å². The van der Waals surface area contributed by atoms with Gasteiger partial charge in [-0.2, -0.15) is 0 Å². The Bertz CT molecular complexity index is 406. The van der Waals surface area contributed by atoms with Crippen molar-refractivity contribution in [3.8, 4) is 0 Å². The van der Waals surface area contributed by atoms with Crippen LogP contribution in [0, 0.1) is 11.8 Å². The van der Waals surface area contributed by atoms with Gasteiger partial charge in [0.1, 0.15) is 0 Å². The monoisotopic (exact) mass is 274 g/mol. The Labute approximate surface area is 122 Å². The molecule has 1 N–H and O–H groups in total. The lowest BCUT2D eigenvalue weighted by atomic mass is 10.0. The summed E-state index contributed by atoms with van der Waals surface area (Å²) >= 11 is 0. The molecule has 20 heavy (non-hydrogen) atoms. The number of hydrogen-bond acceptors (Lipinski definition) is 3. The van der Waals surface area contributed by atoms with Crippen LogP contribution in [0.5, 0.6) is 0 Å². The van der Waals surface area contributed by atoms with Gasteiger partial charge in [-0.15, -0.1) is 0 Å². The molecule has 1 saturated heterocycles. The minimum Gasteiger partial charge on any atom is -0.383 e. The molecule has 2 unspecified atom stereocenters. The number of nitrogens with zero attached hydrogens (tertiary/aromatic N) is 1. The van der Waals surface area contributed by atoms with E-state index in [0.717, 1.165) is 31.5 Å². The number of ether oxygens (including phenoxy) is 1. The minimum atomic E-state index is 0.772. The van der Waals surface area contributed by atoms with E-state index < -0.39 is 0 Å². The molecule has 1 aliphatic heterocycles. The van der Waals surface area contributed by atoms with Gasteiger partial charge in [0.25, 0.3) is 0 Å². The fraction of sp³-hybridized carbons (Fsp3) is 0.647. The lowest BCUT2D eigenvalue weighted by molar-refractivity contribution is 0.199. The smallest absolute Gasteiger partial charge is 0.0587 e. The van der Waals surface area contributed by atoms with Crippen LogP contribution in [-0.4, -0.2) is 33.4 Å². The van der Waals surface area contributed by atoms with Crippen molar-refractivity contribution < 1.29 is 4.74 Å². The maximum atomic E-state index is 5.03. The highest BCUT2D eigenvalue weighted by molar-refractivity contribution is 5.49. The van der Waals surface area contributed by atoms with Crippen LogP contribution in [-0.2, 0) is 11.3 Å². The second kappa shape index (κ2) is 6.59. The molecule has 2 aliphatic rings. The standard InChI is InChI=1S/C17H26N2O/c1-20-10-9-18-11-14-5-7-17(8-6-14)19-12-15-3-2-4-16(15)13-19/h5-8,15-16,18H,2-4,9-13H2,1H3. The molecule has 0 aromatic heterocycles. The van der Waals surface area contributed by atoms with Crippen molar-refractivity contribution in [3.63, 3.8) is 0 Å². The summed E-state index contributed by atoms with van der Waals surface area (Å²) in [5.74, 6) is 1.93. The molecule has 110 valence electrons. The van der Waals surface area contributed by atoms with Crippen molar-refractivity contribution in [2.24, 2.45) is 11.8 Å². The summed E-state index contributed by atoms with van der Waals surface area (Å²) in [6.07, 6.45) is 4.35. The zero-order valence-electron chi connectivity index (χ0n) is 12.5. The predicted octanol–water partition coefficient (Wildman–Crippen LogP) is 2.66. The maximum absolute atomic E-state index is 5.03. The van der Waals surface area contributed by atoms with Crippen LogP contribution < -0.4 is 10.2 Å². The summed E-state index contributed by atoms with van der Waals surface area (Å²) in [4.78, 5) is 2.58. The molecule has 2 fully saturated rings. The fourth-order valence-corrected chi connectivity index (χ4v) is 3.68. The van der Waals surface area contributed by atoms with Crippen LogP contribution in [0.3, 0.4) is 0 Å². The first-order chi connectivity index (χ1) is 9.86. The van der Waals surface area contributed by atoms with Gasteiger partial charge in [0.2, 0.25) is 0 Å². The van der Waals surface area contributed by atoms with Gasteiger partial charge in [0, 0.05) is 39.0 Å². The van der Waals surface area contributed by atoms with E-state index in [-0.39, 0.29) is 0 Å². The number of nitrogens with one attached hydrogen (secondary N) is 1. The van der Waals surface area contributed by atoms with Gasteiger partial charge in [-0.3, -0.25) is 0 Å². The van der Waals surface area contributed by atoms with Gasteiger partial charge in [-0.25, -0.2) is 0 Å². The van der Waals surface area contributed by atoms with Gasteiger partial charge >= 0.3 is 0 Å². The molecular weight excluding hydrogens is 248 g/mol. The van der Waals surface area contributed by atoms with Crippen molar-refractivity contribution >= 4 is 5.69 Å². The van der Waals surface area contributed by atoms with Gasteiger partial charge in [0.05, 0.1) is 6.61 Å². The van der Waals surface area contributed by atoms with E-state index in [9.17, 15) is 0 Å². The molecule has 3 nitrogen and oxygen atoms in total. The number of fused-ring (bicyclic) bond motifs is 1. The molecule has 1 heterocycles. The minimum absolute atomic E-state index is 0.772. The van der Waals surface area contributed by atoms with Gasteiger partial charge in [-0.05, 0) is 42.4 Å². The van der Waals surface area contributed by atoms with E-state index in [0.29, 0.717) is 0 Å². The lowest BCUT2D eigenvalue weighted by Gasteiger charge is -2.20. The zero-order chi connectivity index (χ0) is 13.8. The molecular formula is C17H26N2O. The zero-order valence-corrected chi connectivity index (χ0v) is 12.5. The Morgan fingerprint density at radius 2 is 1.85 bits per heavy atom. The quantitative estimate of drug-likeness (QED) is 0.807. The molecule has 0 amide bonds. The average molecular weight is 274 g/mol. The Kier molecular flexibility index (Phi) is 4.58. The SMILES string of the molecule is COCCNCc1ccc(N2CC3CCCC3C2)cc1. The lowest BCUT2D eigenvalue weighted by Crippen LogP contribution is -2.21. The van der Waals surface area contributed by atoms with E-state index >= 15 is 0 Å². The van der Waals surface area contributed by atoms with E-state index in [4.69, 9.17) is 4.74 Å². The Hall–Kier alpha value is -1.06. The van der Waals surface area contributed by atoms with E-state index in [1.54, 1.807) is 7.11 Å². The van der Waals surface area contributed by atoms with Gasteiger partial charge in [0.15, 0.2) is 0 Å². The van der Waals surface area contributed by atoms with E-state index in [1.807, 2.05) is 0 Å². The first-order valence-electron chi connectivity index (χ1n) is 7.90. The molecule has 1 aliphatic carbocycles. The second-order valence-corrected chi connectivity index (χ2v) is 6.19. The molecule has 1 aromatic carbocycles. The van der Waals surface area contributed by atoms with Crippen LogP contribution in [0.25, 0.3) is 0 Å². The van der Waals surface area contributed by atoms with Crippen LogP contribution >= 0.6 is 0 Å². The average Bonchev–Trinajstić information content (AvgIpc) is 3.05. The molecule has 1 aromatic rings. The fourth-order valence-electron chi connectivity index (χ4n) is 3.68. The molecule has 0 radical (unpaired) electrons. The van der Waals surface area contributed by atoms with Crippen LogP contribution in [0.2, 0.25) is 0 Å². The van der Waals surface area contributed by atoms with Gasteiger partial charge in [-0.1, -0.05) is 18.6 Å². The largest absolute Gasteiger partial charge is 0.383 e. The molecule has 1 saturated carbocycles. The summed E-state index contributed by atoms with van der Waals surface area (Å²) in [5, 5.41) is 3.39. The highest BCUT2D eigenvalue weighted by atomic mass is 16.5. The van der Waals surface area contributed by atoms with Crippen molar-refractivity contribution in [3.05, 3.63) is 29.8 Å². The Balaban J connectivity index is 1.51. The van der Waals surface area contributed by atoms with Gasteiger partial charge < -0.3 is 15.0 Å². The third kappa shape index (κ3) is 3.15. The molecule has 3 heteroatoms. The summed E-state index contributed by atoms with van der Waals surface area (Å²) in [6, 6.07) is 9.08. The van der Waals surface area contributed by atoms with E-state index in [2.05, 4.69) is 34.5 Å². The van der Waals surface area contributed by atoms with Crippen LogP contribution in [0.15, 0.2) is 24.3 Å². The second-order valence-electron chi connectivity index (χ2n) is 6.19. The van der Waals surface area contributed by atoms with Crippen LogP contribution in [0.4, 0.5) is 5.69 Å². The number of benzene rings is 1. The topological polar surface area (TPSA) is 24.5 Å². The maximum Gasteiger partial charge on any atom is 0.0587 e. The summed E-state index contributed by atoms with van der Waals surface area (Å²) in [6.45, 7) is 5.16. The highest BCUT2D eigenvalue weighted by Gasteiger charge is 2.35. The van der Waals surface area contributed by atoms with E-state index in [1.165, 1.54) is 43.6 Å². The highest BCUT2D eigenvalue weighted by Crippen LogP contribution is 2.39. The first kappa shape index (κ1) is 13.9. The van der Waals surface area contributed by atoms with Crippen molar-refractivity contribution in [2.75, 3.05) is 38.3 Å². The summed E-state index contributed by atoms with van der Waals surface area (Å²) in [5.41, 5.74) is 2.75. The number of hydrogen-bond donors (Lipinski definition) is 1.